The van der Waals surface area contributed by atoms with Crippen molar-refractivity contribution in [3.05, 3.63) is 100.0 Å². The van der Waals surface area contributed by atoms with Gasteiger partial charge in [0.2, 0.25) is 0 Å². The number of nitrogens with zero attached hydrogens (tertiary/aromatic N) is 4. The molecular formula is C22H20N4O4. The lowest BCUT2D eigenvalue weighted by molar-refractivity contribution is -0.384. The van der Waals surface area contributed by atoms with Gasteiger partial charge in [-0.3, -0.25) is 19.8 Å². The third-order valence-electron chi connectivity index (χ3n) is 4.95. The Labute approximate surface area is 173 Å². The normalized spacial score (nSPS) is 17.5. The number of hydrazone groups is 1. The van der Waals surface area contributed by atoms with Crippen LogP contribution in [0.5, 0.6) is 0 Å². The highest BCUT2D eigenvalue weighted by atomic mass is 16.6. The topological polar surface area (TPSA) is 92.2 Å². The summed E-state index contributed by atoms with van der Waals surface area (Å²) in [5.41, 5.74) is 2.37. The van der Waals surface area contributed by atoms with Crippen LogP contribution in [0.15, 0.2) is 82.5 Å². The smallest absolute Gasteiger partial charge is 0.269 e. The van der Waals surface area contributed by atoms with Gasteiger partial charge in [-0.05, 0) is 42.3 Å². The number of carbonyl (C=O) groups excluding carboxylic acids is 1. The average Bonchev–Trinajstić information content (AvgIpc) is 3.37. The van der Waals surface area contributed by atoms with Crippen molar-refractivity contribution in [2.75, 3.05) is 6.54 Å². The molecule has 1 aromatic heterocycles. The maximum atomic E-state index is 12.8. The molecule has 1 atom stereocenters. The number of furan rings is 1. The first-order valence-electron chi connectivity index (χ1n) is 9.46. The quantitative estimate of drug-likeness (QED) is 0.352. The van der Waals surface area contributed by atoms with Gasteiger partial charge in [-0.2, -0.15) is 5.10 Å². The fourth-order valence-electron chi connectivity index (χ4n) is 3.48. The number of benzene rings is 2. The highest BCUT2D eigenvalue weighted by Gasteiger charge is 2.41. The fraction of sp³-hybridized carbons (Fsp3) is 0.182. The lowest BCUT2D eigenvalue weighted by Gasteiger charge is -2.25. The van der Waals surface area contributed by atoms with Gasteiger partial charge >= 0.3 is 0 Å². The van der Waals surface area contributed by atoms with Crippen LogP contribution in [-0.2, 0) is 11.3 Å². The molecule has 3 aromatic rings. The molecule has 1 amide bonds. The lowest BCUT2D eigenvalue weighted by atomic mass is 10.1. The van der Waals surface area contributed by atoms with Crippen molar-refractivity contribution in [1.82, 2.24) is 9.91 Å². The molecule has 0 bridgehead atoms. The van der Waals surface area contributed by atoms with Gasteiger partial charge in [0.1, 0.15) is 5.76 Å². The summed E-state index contributed by atoms with van der Waals surface area (Å²) in [6.45, 7) is 2.55. The average molecular weight is 404 g/mol. The van der Waals surface area contributed by atoms with Crippen molar-refractivity contribution >= 4 is 17.3 Å². The van der Waals surface area contributed by atoms with Crippen LogP contribution in [0, 0.1) is 10.1 Å². The minimum Gasteiger partial charge on any atom is -0.466 e. The zero-order chi connectivity index (χ0) is 21.1. The number of carbonyl (C=O) groups is 1. The summed E-state index contributed by atoms with van der Waals surface area (Å²) in [6.07, 6.45) is 1.10. The van der Waals surface area contributed by atoms with E-state index < -0.39 is 11.1 Å². The number of nitro groups is 1. The second-order valence-electron chi connectivity index (χ2n) is 7.01. The van der Waals surface area contributed by atoms with E-state index in [-0.39, 0.29) is 18.1 Å². The molecule has 0 unspecified atom stereocenters. The number of amides is 1. The van der Waals surface area contributed by atoms with Gasteiger partial charge in [0.25, 0.3) is 11.6 Å². The molecule has 2 aromatic carbocycles. The van der Waals surface area contributed by atoms with E-state index in [1.54, 1.807) is 31.4 Å². The standard InChI is InChI=1S/C22H20N4O4/c1-16(18-9-11-19(12-10-18)26(28)29)23-25-21(27)15-24(14-17-6-3-2-4-7-17)22(25)20-8-5-13-30-20/h2-13,22H,14-15H2,1H3/b23-16-/t22-/m1/s1. The molecule has 0 N–H and O–H groups in total. The highest BCUT2D eigenvalue weighted by molar-refractivity contribution is 5.99. The maximum absolute atomic E-state index is 12.8. The molecule has 2 heterocycles. The largest absolute Gasteiger partial charge is 0.466 e. The Morgan fingerprint density at radius 1 is 1.13 bits per heavy atom. The number of hydrogen-bond donors (Lipinski definition) is 0. The van der Waals surface area contributed by atoms with Gasteiger partial charge in [0.05, 0.1) is 23.4 Å². The van der Waals surface area contributed by atoms with Gasteiger partial charge in [0, 0.05) is 18.7 Å². The summed E-state index contributed by atoms with van der Waals surface area (Å²) in [4.78, 5) is 25.3. The van der Waals surface area contributed by atoms with Crippen molar-refractivity contribution in [1.29, 1.82) is 0 Å². The summed E-state index contributed by atoms with van der Waals surface area (Å²) in [6, 6.07) is 19.6. The van der Waals surface area contributed by atoms with E-state index in [9.17, 15) is 14.9 Å². The molecule has 1 aliphatic heterocycles. The van der Waals surface area contributed by atoms with E-state index in [0.29, 0.717) is 23.6 Å². The third kappa shape index (κ3) is 3.99. The minimum atomic E-state index is -0.472. The van der Waals surface area contributed by atoms with Gasteiger partial charge < -0.3 is 4.42 Å². The van der Waals surface area contributed by atoms with Crippen molar-refractivity contribution in [2.24, 2.45) is 5.10 Å². The predicted molar refractivity (Wildman–Crippen MR) is 110 cm³/mol. The number of nitro benzene ring substituents is 1. The Morgan fingerprint density at radius 2 is 1.87 bits per heavy atom. The van der Waals surface area contributed by atoms with Crippen LogP contribution in [0.4, 0.5) is 5.69 Å². The number of non-ortho nitro benzene ring substituents is 1. The van der Waals surface area contributed by atoms with E-state index >= 15 is 0 Å². The van der Waals surface area contributed by atoms with Crippen molar-refractivity contribution in [3.63, 3.8) is 0 Å². The summed E-state index contributed by atoms with van der Waals surface area (Å²) < 4.78 is 5.61. The first-order chi connectivity index (χ1) is 14.5. The molecule has 1 saturated heterocycles. The van der Waals surface area contributed by atoms with Crippen LogP contribution < -0.4 is 0 Å². The molecular weight excluding hydrogens is 384 g/mol. The third-order valence-corrected chi connectivity index (χ3v) is 4.95. The Morgan fingerprint density at radius 3 is 2.50 bits per heavy atom. The van der Waals surface area contributed by atoms with E-state index in [1.807, 2.05) is 41.3 Å². The lowest BCUT2D eigenvalue weighted by Crippen LogP contribution is -2.29. The van der Waals surface area contributed by atoms with Crippen molar-refractivity contribution in [3.8, 4) is 0 Å². The van der Waals surface area contributed by atoms with E-state index in [2.05, 4.69) is 5.10 Å². The summed E-state index contributed by atoms with van der Waals surface area (Å²) in [5.74, 6) is 0.477. The highest BCUT2D eigenvalue weighted by Crippen LogP contribution is 2.33. The van der Waals surface area contributed by atoms with E-state index in [1.165, 1.54) is 17.1 Å². The Balaban J connectivity index is 1.64. The van der Waals surface area contributed by atoms with Crippen molar-refractivity contribution in [2.45, 2.75) is 19.6 Å². The minimum absolute atomic E-state index is 0.00583. The zero-order valence-corrected chi connectivity index (χ0v) is 16.3. The molecule has 0 saturated carbocycles. The molecule has 8 heteroatoms. The van der Waals surface area contributed by atoms with Crippen LogP contribution in [-0.4, -0.2) is 33.0 Å². The van der Waals surface area contributed by atoms with Gasteiger partial charge in [-0.1, -0.05) is 30.3 Å². The zero-order valence-electron chi connectivity index (χ0n) is 16.3. The molecule has 152 valence electrons. The Bertz CT molecular complexity index is 1060. The molecule has 4 rings (SSSR count). The predicted octanol–water partition coefficient (Wildman–Crippen LogP) is 3.96. The first kappa shape index (κ1) is 19.5. The molecule has 30 heavy (non-hydrogen) atoms. The summed E-state index contributed by atoms with van der Waals surface area (Å²) in [5, 5.41) is 16.9. The molecule has 1 fully saturated rings. The second kappa shape index (κ2) is 8.30. The Kier molecular flexibility index (Phi) is 5.40. The van der Waals surface area contributed by atoms with Crippen LogP contribution in [0.2, 0.25) is 0 Å². The molecule has 0 spiro atoms. The van der Waals surface area contributed by atoms with E-state index in [4.69, 9.17) is 4.42 Å². The molecule has 8 nitrogen and oxygen atoms in total. The van der Waals surface area contributed by atoms with Gasteiger partial charge in [0.15, 0.2) is 6.17 Å². The van der Waals surface area contributed by atoms with Gasteiger partial charge in [-0.15, -0.1) is 0 Å². The van der Waals surface area contributed by atoms with Crippen LogP contribution in [0.3, 0.4) is 0 Å². The Hall–Kier alpha value is -3.78. The SMILES string of the molecule is C/C(=N/N1C(=O)CN(Cc2ccccc2)[C@H]1c1ccco1)c1ccc([N+](=O)[O-])cc1. The first-order valence-corrected chi connectivity index (χ1v) is 9.46. The van der Waals surface area contributed by atoms with E-state index in [0.717, 1.165) is 5.56 Å². The fourth-order valence-corrected chi connectivity index (χ4v) is 3.48. The molecule has 0 aliphatic carbocycles. The molecule has 1 aliphatic rings. The monoisotopic (exact) mass is 404 g/mol. The van der Waals surface area contributed by atoms with Crippen molar-refractivity contribution < 1.29 is 14.1 Å². The van der Waals surface area contributed by atoms with Crippen LogP contribution >= 0.6 is 0 Å². The van der Waals surface area contributed by atoms with Gasteiger partial charge in [-0.25, -0.2) is 5.01 Å². The molecule has 0 radical (unpaired) electrons. The number of rotatable bonds is 6. The van der Waals surface area contributed by atoms with Crippen LogP contribution in [0.1, 0.15) is 30.0 Å². The number of hydrogen-bond acceptors (Lipinski definition) is 6. The summed E-state index contributed by atoms with van der Waals surface area (Å²) >= 11 is 0. The second-order valence-corrected chi connectivity index (χ2v) is 7.01. The summed E-state index contributed by atoms with van der Waals surface area (Å²) in [7, 11) is 0. The van der Waals surface area contributed by atoms with Crippen LogP contribution in [0.25, 0.3) is 0 Å². The maximum Gasteiger partial charge on any atom is 0.269 e.